The van der Waals surface area contributed by atoms with Crippen LogP contribution in [0.1, 0.15) is 42.0 Å². The van der Waals surface area contributed by atoms with Crippen molar-refractivity contribution in [2.24, 2.45) is 0 Å². The van der Waals surface area contributed by atoms with Crippen LogP contribution in [-0.2, 0) is 15.9 Å². The highest BCUT2D eigenvalue weighted by Crippen LogP contribution is 2.40. The van der Waals surface area contributed by atoms with E-state index in [0.717, 1.165) is 18.6 Å². The van der Waals surface area contributed by atoms with Gasteiger partial charge in [-0.2, -0.15) is 0 Å². The first-order valence-corrected chi connectivity index (χ1v) is 8.39. The summed E-state index contributed by atoms with van der Waals surface area (Å²) in [5.74, 6) is 1.09. The van der Waals surface area contributed by atoms with Crippen LogP contribution in [0.25, 0.3) is 22.9 Å². The van der Waals surface area contributed by atoms with Gasteiger partial charge in [-0.1, -0.05) is 35.9 Å². The van der Waals surface area contributed by atoms with E-state index in [2.05, 4.69) is 43.3 Å². The zero-order valence-electron chi connectivity index (χ0n) is 12.1. The van der Waals surface area contributed by atoms with E-state index in [-0.39, 0.29) is 0 Å². The summed E-state index contributed by atoms with van der Waals surface area (Å²) < 4.78 is 5.48. The number of benzene rings is 2. The van der Waals surface area contributed by atoms with Crippen LogP contribution in [0.3, 0.4) is 0 Å². The Balaban J connectivity index is 2.12. The summed E-state index contributed by atoms with van der Waals surface area (Å²) in [6.07, 6.45) is 9.14. The molecule has 0 unspecified atom stereocenters. The van der Waals surface area contributed by atoms with E-state index in [1.165, 1.54) is 40.3 Å². The highest BCUT2D eigenvalue weighted by Gasteiger charge is 2.22. The van der Waals surface area contributed by atoms with Gasteiger partial charge in [0.2, 0.25) is 0 Å². The second kappa shape index (κ2) is 5.16. The number of allylic oxidation sites excluding steroid dienone is 2. The summed E-state index contributed by atoms with van der Waals surface area (Å²) in [4.78, 5) is 0. The van der Waals surface area contributed by atoms with Gasteiger partial charge in [0.05, 0.1) is 0 Å². The van der Waals surface area contributed by atoms with Gasteiger partial charge in [-0.25, -0.2) is 0 Å². The molecule has 2 aliphatic rings. The molecule has 0 heterocycles. The molecule has 0 N–H and O–H groups in total. The molecule has 106 valence electrons. The Kier molecular flexibility index (Phi) is 3.29. The molecule has 0 amide bonds. The standard InChI is InChI=1S/C19H17IO/c1-12-6-8-16-17-9-7-13(21-20)11-19(17)15-5-3-2-4-14(15)18(16)10-12/h2-5,10-11H,6-9H2,1H3. The molecule has 0 aliphatic heterocycles. The smallest absolute Gasteiger partial charge is 0.192 e. The number of hydrogen-bond acceptors (Lipinski definition) is 1. The molecule has 0 fully saturated rings. The molecule has 0 bridgehead atoms. The number of rotatable bonds is 1. The van der Waals surface area contributed by atoms with Crippen LogP contribution in [-0.4, -0.2) is 0 Å². The molecule has 0 atom stereocenters. The lowest BCUT2D eigenvalue weighted by Crippen LogP contribution is -2.09. The first-order chi connectivity index (χ1) is 10.3. The first-order valence-electron chi connectivity index (χ1n) is 7.50. The van der Waals surface area contributed by atoms with E-state index in [1.807, 2.05) is 23.0 Å². The van der Waals surface area contributed by atoms with Gasteiger partial charge < -0.3 is 3.07 Å². The topological polar surface area (TPSA) is 9.23 Å². The molecular weight excluding hydrogens is 371 g/mol. The fraction of sp³-hybridized carbons (Fsp3) is 0.263. The molecule has 2 heteroatoms. The van der Waals surface area contributed by atoms with E-state index in [4.69, 9.17) is 3.07 Å². The minimum atomic E-state index is 1.02. The molecule has 21 heavy (non-hydrogen) atoms. The van der Waals surface area contributed by atoms with Crippen molar-refractivity contribution in [3.8, 4) is 0 Å². The summed E-state index contributed by atoms with van der Waals surface area (Å²) in [5, 5.41) is 2.75. The highest BCUT2D eigenvalue weighted by atomic mass is 127. The van der Waals surface area contributed by atoms with Gasteiger partial charge in [0, 0.05) is 6.42 Å². The van der Waals surface area contributed by atoms with Crippen molar-refractivity contribution in [2.45, 2.75) is 32.6 Å². The van der Waals surface area contributed by atoms with E-state index in [1.54, 1.807) is 11.1 Å². The number of halogens is 1. The van der Waals surface area contributed by atoms with Crippen molar-refractivity contribution in [3.63, 3.8) is 0 Å². The van der Waals surface area contributed by atoms with Gasteiger partial charge in [-0.3, -0.25) is 0 Å². The summed E-state index contributed by atoms with van der Waals surface area (Å²) >= 11 is 2.00. The highest BCUT2D eigenvalue weighted by molar-refractivity contribution is 14.1. The van der Waals surface area contributed by atoms with Crippen molar-refractivity contribution < 1.29 is 3.07 Å². The molecule has 4 rings (SSSR count). The zero-order chi connectivity index (χ0) is 14.4. The Hall–Kier alpha value is -1.29. The predicted molar refractivity (Wildman–Crippen MR) is 97.3 cm³/mol. The Morgan fingerprint density at radius 3 is 2.14 bits per heavy atom. The van der Waals surface area contributed by atoms with Crippen LogP contribution >= 0.6 is 23.0 Å². The Morgan fingerprint density at radius 1 is 0.857 bits per heavy atom. The maximum Gasteiger partial charge on any atom is 0.192 e. The average molecular weight is 388 g/mol. The number of hydrogen-bond donors (Lipinski definition) is 0. The second-order valence-corrected chi connectivity index (χ2v) is 6.45. The third-order valence-electron chi connectivity index (χ3n) is 4.71. The summed E-state index contributed by atoms with van der Waals surface area (Å²) in [6, 6.07) is 8.80. The van der Waals surface area contributed by atoms with Crippen molar-refractivity contribution in [2.75, 3.05) is 0 Å². The first kappa shape index (κ1) is 13.4. The molecule has 0 saturated heterocycles. The van der Waals surface area contributed by atoms with Gasteiger partial charge in [-0.15, -0.1) is 0 Å². The van der Waals surface area contributed by atoms with Gasteiger partial charge in [0.25, 0.3) is 0 Å². The third kappa shape index (κ3) is 2.11. The molecule has 0 spiro atoms. The van der Waals surface area contributed by atoms with Crippen molar-refractivity contribution in [1.82, 2.24) is 0 Å². The summed E-state index contributed by atoms with van der Waals surface area (Å²) in [7, 11) is 0. The second-order valence-electron chi connectivity index (χ2n) is 6.01. The maximum absolute atomic E-state index is 5.48. The lowest BCUT2D eigenvalue weighted by molar-refractivity contribution is 0.526. The summed E-state index contributed by atoms with van der Waals surface area (Å²) in [5.41, 5.74) is 7.45. The minimum Gasteiger partial charge on any atom is -0.432 e. The zero-order valence-corrected chi connectivity index (χ0v) is 14.2. The van der Waals surface area contributed by atoms with E-state index >= 15 is 0 Å². The van der Waals surface area contributed by atoms with Crippen molar-refractivity contribution in [1.29, 1.82) is 0 Å². The van der Waals surface area contributed by atoms with Crippen LogP contribution in [0.5, 0.6) is 0 Å². The SMILES string of the molecule is CC1=Cc2c(c3c(c4ccccc24)C=C(OI)CC3)CC1. The molecule has 1 nitrogen and oxygen atoms in total. The summed E-state index contributed by atoms with van der Waals surface area (Å²) in [6.45, 7) is 2.25. The number of fused-ring (bicyclic) bond motifs is 6. The van der Waals surface area contributed by atoms with Crippen LogP contribution in [0.15, 0.2) is 35.6 Å². The van der Waals surface area contributed by atoms with Crippen molar-refractivity contribution in [3.05, 3.63) is 57.9 Å². The average Bonchev–Trinajstić information content (AvgIpc) is 2.54. The normalized spacial score (nSPS) is 16.9. The van der Waals surface area contributed by atoms with Gasteiger partial charge >= 0.3 is 0 Å². The molecule has 0 aromatic heterocycles. The Bertz CT molecular complexity index is 799. The van der Waals surface area contributed by atoms with Gasteiger partial charge in [0.1, 0.15) is 5.76 Å². The van der Waals surface area contributed by atoms with E-state index < -0.39 is 0 Å². The van der Waals surface area contributed by atoms with Crippen LogP contribution in [0.4, 0.5) is 0 Å². The van der Waals surface area contributed by atoms with Crippen LogP contribution in [0.2, 0.25) is 0 Å². The van der Waals surface area contributed by atoms with Gasteiger partial charge in [0.15, 0.2) is 23.0 Å². The molecular formula is C19H17IO. The van der Waals surface area contributed by atoms with Crippen molar-refractivity contribution >= 4 is 45.9 Å². The largest absolute Gasteiger partial charge is 0.432 e. The van der Waals surface area contributed by atoms with Crippen LogP contribution < -0.4 is 0 Å². The van der Waals surface area contributed by atoms with Gasteiger partial charge in [-0.05, 0) is 65.3 Å². The fourth-order valence-corrected chi connectivity index (χ4v) is 4.03. The van der Waals surface area contributed by atoms with E-state index in [9.17, 15) is 0 Å². The van der Waals surface area contributed by atoms with E-state index in [0.29, 0.717) is 0 Å². The molecule has 2 aliphatic carbocycles. The molecule has 0 radical (unpaired) electrons. The Labute approximate surface area is 139 Å². The Morgan fingerprint density at radius 2 is 1.48 bits per heavy atom. The molecule has 0 saturated carbocycles. The fourth-order valence-electron chi connectivity index (χ4n) is 3.69. The third-order valence-corrected chi connectivity index (χ3v) is 5.27. The lowest BCUT2D eigenvalue weighted by atomic mass is 9.79. The predicted octanol–water partition coefficient (Wildman–Crippen LogP) is 5.84. The monoisotopic (exact) mass is 388 g/mol. The molecule has 2 aromatic rings. The lowest BCUT2D eigenvalue weighted by Gasteiger charge is -2.26. The quantitative estimate of drug-likeness (QED) is 0.558. The minimum absolute atomic E-state index is 1.02. The maximum atomic E-state index is 5.48. The molecule has 2 aromatic carbocycles. The van der Waals surface area contributed by atoms with Crippen LogP contribution in [0, 0.1) is 0 Å².